The van der Waals surface area contributed by atoms with E-state index in [-0.39, 0.29) is 6.04 Å². The fourth-order valence-corrected chi connectivity index (χ4v) is 0.949. The zero-order chi connectivity index (χ0) is 9.84. The van der Waals surface area contributed by atoms with Crippen molar-refractivity contribution in [3.05, 3.63) is 30.2 Å². The highest BCUT2D eigenvalue weighted by Gasteiger charge is 2.02. The average molecular weight is 177 g/mol. The summed E-state index contributed by atoms with van der Waals surface area (Å²) < 4.78 is 0. The molecule has 3 heteroatoms. The molecule has 1 N–H and O–H groups in total. The van der Waals surface area contributed by atoms with Crippen molar-refractivity contribution in [2.75, 3.05) is 5.32 Å². The molecule has 1 heterocycles. The normalized spacial score (nSPS) is 12.2. The summed E-state index contributed by atoms with van der Waals surface area (Å²) in [4.78, 5) is 8.55. The molecule has 3 nitrogen and oxygen atoms in total. The van der Waals surface area contributed by atoms with Crippen molar-refractivity contribution in [1.29, 1.82) is 0 Å². The van der Waals surface area contributed by atoms with Crippen molar-refractivity contribution >= 4 is 5.82 Å². The largest absolute Gasteiger partial charge is 0.363 e. The second kappa shape index (κ2) is 4.03. The van der Waals surface area contributed by atoms with Crippen molar-refractivity contribution in [2.45, 2.75) is 26.8 Å². The summed E-state index contributed by atoms with van der Waals surface area (Å²) in [6.07, 6.45) is 3.60. The van der Waals surface area contributed by atoms with Crippen molar-refractivity contribution in [3.8, 4) is 0 Å². The zero-order valence-electron chi connectivity index (χ0n) is 8.33. The van der Waals surface area contributed by atoms with Crippen LogP contribution in [0.3, 0.4) is 0 Å². The number of hydrogen-bond acceptors (Lipinski definition) is 3. The van der Waals surface area contributed by atoms with Crippen molar-refractivity contribution < 1.29 is 0 Å². The smallest absolute Gasteiger partial charge is 0.148 e. The van der Waals surface area contributed by atoms with Gasteiger partial charge in [-0.3, -0.25) is 4.98 Å². The third-order valence-corrected chi connectivity index (χ3v) is 1.79. The lowest BCUT2D eigenvalue weighted by Gasteiger charge is -2.11. The van der Waals surface area contributed by atoms with Crippen LogP contribution in [0.25, 0.3) is 0 Å². The highest BCUT2D eigenvalue weighted by molar-refractivity contribution is 5.41. The fraction of sp³-hybridized carbons (Fsp3) is 0.400. The van der Waals surface area contributed by atoms with Crippen LogP contribution in [0.2, 0.25) is 0 Å². The van der Waals surface area contributed by atoms with Gasteiger partial charge in [0.05, 0.1) is 11.4 Å². The molecule has 0 radical (unpaired) electrons. The van der Waals surface area contributed by atoms with Crippen LogP contribution in [0.1, 0.15) is 18.3 Å². The SMILES string of the molecule is C=CC(C)Nc1nc(C)cnc1C. The van der Waals surface area contributed by atoms with Crippen LogP contribution >= 0.6 is 0 Å². The van der Waals surface area contributed by atoms with Crippen LogP contribution < -0.4 is 5.32 Å². The number of anilines is 1. The minimum Gasteiger partial charge on any atom is -0.363 e. The summed E-state index contributed by atoms with van der Waals surface area (Å²) in [6.45, 7) is 9.58. The van der Waals surface area contributed by atoms with E-state index in [0.717, 1.165) is 17.2 Å². The summed E-state index contributed by atoms with van der Waals surface area (Å²) in [5.41, 5.74) is 1.84. The average Bonchev–Trinajstić information content (AvgIpc) is 2.11. The first-order valence-electron chi connectivity index (χ1n) is 4.33. The van der Waals surface area contributed by atoms with Crippen LogP contribution in [-0.4, -0.2) is 16.0 Å². The molecule has 1 aromatic rings. The third kappa shape index (κ3) is 2.54. The monoisotopic (exact) mass is 177 g/mol. The lowest BCUT2D eigenvalue weighted by Crippen LogP contribution is -2.14. The standard InChI is InChI=1S/C10H15N3/c1-5-7(2)12-10-9(4)11-6-8(3)13-10/h5-7H,1H2,2-4H3,(H,12,13). The molecule has 13 heavy (non-hydrogen) atoms. The molecule has 0 saturated carbocycles. The van der Waals surface area contributed by atoms with Gasteiger partial charge in [0, 0.05) is 12.2 Å². The topological polar surface area (TPSA) is 37.8 Å². The van der Waals surface area contributed by atoms with Gasteiger partial charge >= 0.3 is 0 Å². The first kappa shape index (κ1) is 9.71. The van der Waals surface area contributed by atoms with Gasteiger partial charge in [-0.05, 0) is 20.8 Å². The summed E-state index contributed by atoms with van der Waals surface area (Å²) >= 11 is 0. The van der Waals surface area contributed by atoms with E-state index >= 15 is 0 Å². The molecule has 0 aliphatic rings. The molecule has 0 saturated heterocycles. The summed E-state index contributed by atoms with van der Waals surface area (Å²) in [5.74, 6) is 0.840. The van der Waals surface area contributed by atoms with E-state index in [0.29, 0.717) is 0 Å². The molecular formula is C10H15N3. The van der Waals surface area contributed by atoms with Gasteiger partial charge in [0.2, 0.25) is 0 Å². The Morgan fingerprint density at radius 1 is 1.54 bits per heavy atom. The van der Waals surface area contributed by atoms with Crippen LogP contribution in [0.5, 0.6) is 0 Å². The van der Waals surface area contributed by atoms with E-state index in [1.165, 1.54) is 0 Å². The van der Waals surface area contributed by atoms with Gasteiger partial charge in [0.25, 0.3) is 0 Å². The Morgan fingerprint density at radius 2 is 2.23 bits per heavy atom. The second-order valence-electron chi connectivity index (χ2n) is 3.11. The number of rotatable bonds is 3. The first-order valence-corrected chi connectivity index (χ1v) is 4.33. The predicted octanol–water partition coefficient (Wildman–Crippen LogP) is 2.08. The van der Waals surface area contributed by atoms with Crippen molar-refractivity contribution in [2.24, 2.45) is 0 Å². The molecule has 0 amide bonds. The number of nitrogens with zero attached hydrogens (tertiary/aromatic N) is 2. The van der Waals surface area contributed by atoms with Gasteiger partial charge in [-0.2, -0.15) is 0 Å². The lowest BCUT2D eigenvalue weighted by molar-refractivity contribution is 0.952. The molecule has 0 bridgehead atoms. The molecule has 70 valence electrons. The lowest BCUT2D eigenvalue weighted by atomic mass is 10.3. The Balaban J connectivity index is 2.86. The maximum atomic E-state index is 4.34. The van der Waals surface area contributed by atoms with Gasteiger partial charge in [-0.1, -0.05) is 6.08 Å². The number of aromatic nitrogens is 2. The van der Waals surface area contributed by atoms with E-state index in [1.54, 1.807) is 6.20 Å². The van der Waals surface area contributed by atoms with Gasteiger partial charge < -0.3 is 5.32 Å². The predicted molar refractivity (Wildman–Crippen MR) is 54.8 cm³/mol. The number of hydrogen-bond donors (Lipinski definition) is 1. The quantitative estimate of drug-likeness (QED) is 0.718. The minimum absolute atomic E-state index is 0.217. The van der Waals surface area contributed by atoms with Crippen molar-refractivity contribution in [1.82, 2.24) is 9.97 Å². The Morgan fingerprint density at radius 3 is 2.85 bits per heavy atom. The van der Waals surface area contributed by atoms with E-state index < -0.39 is 0 Å². The molecule has 1 unspecified atom stereocenters. The molecule has 1 aromatic heterocycles. The summed E-state index contributed by atoms with van der Waals surface area (Å²) in [6, 6.07) is 0.217. The van der Waals surface area contributed by atoms with Gasteiger partial charge in [-0.25, -0.2) is 4.98 Å². The van der Waals surface area contributed by atoms with Crippen LogP contribution in [0, 0.1) is 13.8 Å². The third-order valence-electron chi connectivity index (χ3n) is 1.79. The molecular weight excluding hydrogens is 162 g/mol. The number of aryl methyl sites for hydroxylation is 2. The molecule has 0 fully saturated rings. The van der Waals surface area contributed by atoms with Crippen molar-refractivity contribution in [3.63, 3.8) is 0 Å². The van der Waals surface area contributed by atoms with Gasteiger partial charge in [0.15, 0.2) is 0 Å². The summed E-state index contributed by atoms with van der Waals surface area (Å²) in [5, 5.41) is 3.21. The maximum absolute atomic E-state index is 4.34. The van der Waals surface area contributed by atoms with E-state index in [2.05, 4.69) is 21.9 Å². The Kier molecular flexibility index (Phi) is 3.01. The zero-order valence-corrected chi connectivity index (χ0v) is 8.33. The second-order valence-corrected chi connectivity index (χ2v) is 3.11. The summed E-state index contributed by atoms with van der Waals surface area (Å²) in [7, 11) is 0. The highest BCUT2D eigenvalue weighted by atomic mass is 15.0. The van der Waals surface area contributed by atoms with Gasteiger partial charge in [0.1, 0.15) is 5.82 Å². The van der Waals surface area contributed by atoms with E-state index in [4.69, 9.17) is 0 Å². The molecule has 1 atom stereocenters. The van der Waals surface area contributed by atoms with Crippen LogP contribution in [0.15, 0.2) is 18.9 Å². The van der Waals surface area contributed by atoms with Gasteiger partial charge in [-0.15, -0.1) is 6.58 Å². The molecule has 1 rings (SSSR count). The Labute approximate surface area is 78.9 Å². The van der Waals surface area contributed by atoms with E-state index in [1.807, 2.05) is 26.8 Å². The van der Waals surface area contributed by atoms with Crippen LogP contribution in [-0.2, 0) is 0 Å². The maximum Gasteiger partial charge on any atom is 0.148 e. The Bertz CT molecular complexity index is 307. The highest BCUT2D eigenvalue weighted by Crippen LogP contribution is 2.09. The molecule has 0 aliphatic heterocycles. The Hall–Kier alpha value is -1.38. The van der Waals surface area contributed by atoms with E-state index in [9.17, 15) is 0 Å². The van der Waals surface area contributed by atoms with Crippen LogP contribution in [0.4, 0.5) is 5.82 Å². The minimum atomic E-state index is 0.217. The molecule has 0 spiro atoms. The first-order chi connectivity index (χ1) is 6.13. The molecule has 0 aromatic carbocycles. The fourth-order valence-electron chi connectivity index (χ4n) is 0.949. The molecule has 0 aliphatic carbocycles. The number of nitrogens with one attached hydrogen (secondary N) is 1.